The van der Waals surface area contributed by atoms with Crippen LogP contribution in [0.25, 0.3) is 0 Å². The average Bonchev–Trinajstić information content (AvgIpc) is 2.52. The molecule has 1 atom stereocenters. The van der Waals surface area contributed by atoms with Crippen molar-refractivity contribution in [3.8, 4) is 0 Å². The maximum Gasteiger partial charge on any atom is 0.247 e. The zero-order valence-electron chi connectivity index (χ0n) is 14.1. The van der Waals surface area contributed by atoms with Crippen molar-refractivity contribution >= 4 is 28.9 Å². The summed E-state index contributed by atoms with van der Waals surface area (Å²) in [7, 11) is 0. The van der Waals surface area contributed by atoms with E-state index in [1.165, 1.54) is 0 Å². The largest absolute Gasteiger partial charge is 0.372 e. The van der Waals surface area contributed by atoms with Crippen molar-refractivity contribution in [1.82, 2.24) is 0 Å². The van der Waals surface area contributed by atoms with E-state index < -0.39 is 6.04 Å². The number of benzene rings is 2. The monoisotopic (exact) mass is 323 g/mol. The molecule has 2 aromatic rings. The highest BCUT2D eigenvalue weighted by atomic mass is 16.2. The fraction of sp³-hybridized carbons (Fsp3) is 0.263. The third kappa shape index (κ3) is 3.25. The number of amides is 2. The lowest BCUT2D eigenvalue weighted by Crippen LogP contribution is -2.41. The van der Waals surface area contributed by atoms with E-state index in [1.807, 2.05) is 57.2 Å². The van der Waals surface area contributed by atoms with Crippen LogP contribution in [0, 0.1) is 20.8 Å². The minimum atomic E-state index is -0.580. The van der Waals surface area contributed by atoms with E-state index in [9.17, 15) is 9.59 Å². The quantitative estimate of drug-likeness (QED) is 0.811. The van der Waals surface area contributed by atoms with Crippen LogP contribution in [-0.4, -0.2) is 17.9 Å². The number of carbonyl (C=O) groups excluding carboxylic acids is 2. The summed E-state index contributed by atoms with van der Waals surface area (Å²) in [4.78, 5) is 24.5. The van der Waals surface area contributed by atoms with Gasteiger partial charge in [-0.3, -0.25) is 9.59 Å². The van der Waals surface area contributed by atoms with Gasteiger partial charge in [0.15, 0.2) is 0 Å². The van der Waals surface area contributed by atoms with Crippen molar-refractivity contribution in [1.29, 1.82) is 0 Å². The smallest absolute Gasteiger partial charge is 0.247 e. The Bertz CT molecular complexity index is 814. The summed E-state index contributed by atoms with van der Waals surface area (Å²) in [6, 6.07) is 10.9. The van der Waals surface area contributed by atoms with Gasteiger partial charge in [0.1, 0.15) is 6.04 Å². The number of rotatable bonds is 3. The van der Waals surface area contributed by atoms with Crippen LogP contribution >= 0.6 is 0 Å². The van der Waals surface area contributed by atoms with Crippen molar-refractivity contribution < 1.29 is 9.59 Å². The molecule has 0 radical (unpaired) electrons. The van der Waals surface area contributed by atoms with Crippen molar-refractivity contribution in [3.63, 3.8) is 0 Å². The normalized spacial score (nSPS) is 16.0. The molecule has 5 heteroatoms. The van der Waals surface area contributed by atoms with Gasteiger partial charge >= 0.3 is 0 Å². The molecule has 0 spiro atoms. The molecule has 24 heavy (non-hydrogen) atoms. The Hall–Kier alpha value is -2.82. The molecular formula is C19H21N3O2. The van der Waals surface area contributed by atoms with Crippen LogP contribution in [0.5, 0.6) is 0 Å². The molecule has 1 aliphatic rings. The topological polar surface area (TPSA) is 70.2 Å². The Labute approximate surface area is 141 Å². The van der Waals surface area contributed by atoms with Crippen molar-refractivity contribution in [2.75, 3.05) is 16.0 Å². The lowest BCUT2D eigenvalue weighted by molar-refractivity contribution is -0.122. The first kappa shape index (κ1) is 16.1. The zero-order chi connectivity index (χ0) is 17.3. The molecule has 0 aliphatic carbocycles. The zero-order valence-corrected chi connectivity index (χ0v) is 14.1. The summed E-state index contributed by atoms with van der Waals surface area (Å²) in [5.41, 5.74) is 5.63. The molecule has 2 aromatic carbocycles. The maximum absolute atomic E-state index is 12.3. The van der Waals surface area contributed by atoms with E-state index >= 15 is 0 Å². The van der Waals surface area contributed by atoms with Crippen LogP contribution < -0.4 is 16.0 Å². The molecule has 0 fully saturated rings. The van der Waals surface area contributed by atoms with E-state index in [0.717, 1.165) is 33.8 Å². The van der Waals surface area contributed by atoms with Gasteiger partial charge in [-0.2, -0.15) is 0 Å². The first-order valence-corrected chi connectivity index (χ1v) is 7.98. The Balaban J connectivity index is 1.71. The minimum absolute atomic E-state index is 0.0759. The molecule has 0 saturated carbocycles. The predicted molar refractivity (Wildman–Crippen MR) is 96.4 cm³/mol. The SMILES string of the molecule is Cc1cc2c(cc1C)NC(CC(=O)Nc1ccccc1C)C(=O)N2. The van der Waals surface area contributed by atoms with Crippen LogP contribution in [0.2, 0.25) is 0 Å². The fourth-order valence-electron chi connectivity index (χ4n) is 2.76. The fourth-order valence-corrected chi connectivity index (χ4v) is 2.76. The number of fused-ring (bicyclic) bond motifs is 1. The molecule has 0 saturated heterocycles. The summed E-state index contributed by atoms with van der Waals surface area (Å²) >= 11 is 0. The first-order chi connectivity index (χ1) is 11.4. The second kappa shape index (κ2) is 6.35. The predicted octanol–water partition coefficient (Wildman–Crippen LogP) is 3.37. The molecule has 0 aromatic heterocycles. The van der Waals surface area contributed by atoms with Crippen LogP contribution in [-0.2, 0) is 9.59 Å². The Morgan fingerprint density at radius 3 is 2.42 bits per heavy atom. The Kier molecular flexibility index (Phi) is 4.25. The molecule has 3 rings (SSSR count). The van der Waals surface area contributed by atoms with Gasteiger partial charge in [0.2, 0.25) is 11.8 Å². The molecule has 0 bridgehead atoms. The summed E-state index contributed by atoms with van der Waals surface area (Å²) in [6.07, 6.45) is 0.0759. The molecule has 3 N–H and O–H groups in total. The van der Waals surface area contributed by atoms with Crippen molar-refractivity contribution in [2.45, 2.75) is 33.2 Å². The number of anilines is 3. The summed E-state index contributed by atoms with van der Waals surface area (Å²) < 4.78 is 0. The van der Waals surface area contributed by atoms with Gasteiger partial charge in [0, 0.05) is 5.69 Å². The molecule has 2 amide bonds. The van der Waals surface area contributed by atoms with Crippen LogP contribution in [0.1, 0.15) is 23.1 Å². The number of para-hydroxylation sites is 1. The number of hydrogen-bond donors (Lipinski definition) is 3. The average molecular weight is 323 g/mol. The number of hydrogen-bond acceptors (Lipinski definition) is 3. The molecule has 1 unspecified atom stereocenters. The standard InChI is InChI=1S/C19H21N3O2/c1-11-6-4-5-7-14(11)21-18(23)10-17-19(24)22-16-9-13(3)12(2)8-15(16)20-17/h4-9,17,20H,10H2,1-3H3,(H,21,23)(H,22,24). The van der Waals surface area contributed by atoms with Gasteiger partial charge in [0.25, 0.3) is 0 Å². The van der Waals surface area contributed by atoms with E-state index in [-0.39, 0.29) is 18.2 Å². The summed E-state index contributed by atoms with van der Waals surface area (Å²) in [6.45, 7) is 5.96. The Morgan fingerprint density at radius 2 is 1.71 bits per heavy atom. The van der Waals surface area contributed by atoms with E-state index in [0.29, 0.717) is 0 Å². The summed E-state index contributed by atoms with van der Waals surface area (Å²) in [5.74, 6) is -0.380. The maximum atomic E-state index is 12.3. The lowest BCUT2D eigenvalue weighted by Gasteiger charge is -2.27. The van der Waals surface area contributed by atoms with Gasteiger partial charge in [-0.05, 0) is 55.7 Å². The highest BCUT2D eigenvalue weighted by molar-refractivity contribution is 6.06. The highest BCUT2D eigenvalue weighted by Crippen LogP contribution is 2.30. The van der Waals surface area contributed by atoms with Gasteiger partial charge in [-0.15, -0.1) is 0 Å². The second-order valence-electron chi connectivity index (χ2n) is 6.24. The lowest BCUT2D eigenvalue weighted by atomic mass is 10.0. The number of aryl methyl sites for hydroxylation is 3. The highest BCUT2D eigenvalue weighted by Gasteiger charge is 2.28. The van der Waals surface area contributed by atoms with Gasteiger partial charge < -0.3 is 16.0 Å². The van der Waals surface area contributed by atoms with Gasteiger partial charge in [-0.25, -0.2) is 0 Å². The molecule has 124 valence electrons. The third-order valence-corrected chi connectivity index (χ3v) is 4.35. The first-order valence-electron chi connectivity index (χ1n) is 7.98. The molecule has 1 aliphatic heterocycles. The number of nitrogens with one attached hydrogen (secondary N) is 3. The molecular weight excluding hydrogens is 302 g/mol. The van der Waals surface area contributed by atoms with Gasteiger partial charge in [0.05, 0.1) is 17.8 Å². The third-order valence-electron chi connectivity index (χ3n) is 4.35. The number of carbonyl (C=O) groups is 2. The van der Waals surface area contributed by atoms with Crippen molar-refractivity contribution in [2.24, 2.45) is 0 Å². The summed E-state index contributed by atoms with van der Waals surface area (Å²) in [5, 5.41) is 8.91. The van der Waals surface area contributed by atoms with E-state index in [4.69, 9.17) is 0 Å². The molecule has 1 heterocycles. The second-order valence-corrected chi connectivity index (χ2v) is 6.24. The van der Waals surface area contributed by atoms with Crippen LogP contribution in [0.4, 0.5) is 17.1 Å². The molecule has 5 nitrogen and oxygen atoms in total. The van der Waals surface area contributed by atoms with Gasteiger partial charge in [-0.1, -0.05) is 18.2 Å². The van der Waals surface area contributed by atoms with Crippen molar-refractivity contribution in [3.05, 3.63) is 53.1 Å². The van der Waals surface area contributed by atoms with E-state index in [1.54, 1.807) is 0 Å². The van der Waals surface area contributed by atoms with E-state index in [2.05, 4.69) is 16.0 Å². The van der Waals surface area contributed by atoms with Crippen LogP contribution in [0.3, 0.4) is 0 Å². The Morgan fingerprint density at radius 1 is 1.04 bits per heavy atom. The van der Waals surface area contributed by atoms with Crippen LogP contribution in [0.15, 0.2) is 36.4 Å². The minimum Gasteiger partial charge on any atom is -0.372 e.